The van der Waals surface area contributed by atoms with E-state index in [0.717, 1.165) is 45.3 Å². The van der Waals surface area contributed by atoms with Crippen LogP contribution in [0.5, 0.6) is 0 Å². The third-order valence-electron chi connectivity index (χ3n) is 4.98. The molecule has 0 radical (unpaired) electrons. The van der Waals surface area contributed by atoms with Gasteiger partial charge in [-0.2, -0.15) is 0 Å². The van der Waals surface area contributed by atoms with Crippen LogP contribution in [0.3, 0.4) is 0 Å². The van der Waals surface area contributed by atoms with Gasteiger partial charge in [0.1, 0.15) is 0 Å². The van der Waals surface area contributed by atoms with Crippen LogP contribution in [0.4, 0.5) is 0 Å². The summed E-state index contributed by atoms with van der Waals surface area (Å²) in [7, 11) is 0. The molecule has 0 aromatic heterocycles. The van der Waals surface area contributed by atoms with Crippen molar-refractivity contribution in [2.75, 3.05) is 39.4 Å². The van der Waals surface area contributed by atoms with E-state index in [4.69, 9.17) is 4.74 Å². The molecular formula is C16H34ClN3O. The first-order valence-corrected chi connectivity index (χ1v) is 8.51. The Kier molecular flexibility index (Phi) is 9.14. The van der Waals surface area contributed by atoms with Gasteiger partial charge in [0.2, 0.25) is 0 Å². The zero-order chi connectivity index (χ0) is 14.4. The number of hydrogen-bond donors (Lipinski definition) is 2. The second-order valence-corrected chi connectivity index (χ2v) is 6.51. The Labute approximate surface area is 136 Å². The Morgan fingerprint density at radius 3 is 2.76 bits per heavy atom. The van der Waals surface area contributed by atoms with Crippen LogP contribution in [0, 0.1) is 5.92 Å². The molecule has 0 spiro atoms. The van der Waals surface area contributed by atoms with Gasteiger partial charge in [-0.05, 0) is 39.2 Å². The Bertz CT molecular complexity index is 272. The van der Waals surface area contributed by atoms with Gasteiger partial charge < -0.3 is 15.4 Å². The van der Waals surface area contributed by atoms with E-state index < -0.39 is 0 Å². The molecular weight excluding hydrogens is 286 g/mol. The number of halogens is 1. The zero-order valence-electron chi connectivity index (χ0n) is 13.9. The molecule has 5 heteroatoms. The van der Waals surface area contributed by atoms with Crippen molar-refractivity contribution in [2.45, 2.75) is 58.2 Å². The van der Waals surface area contributed by atoms with Crippen LogP contribution < -0.4 is 10.6 Å². The highest BCUT2D eigenvalue weighted by Crippen LogP contribution is 2.29. The predicted octanol–water partition coefficient (Wildman–Crippen LogP) is 1.89. The van der Waals surface area contributed by atoms with Gasteiger partial charge in [-0.3, -0.25) is 4.90 Å². The van der Waals surface area contributed by atoms with Gasteiger partial charge in [0, 0.05) is 37.8 Å². The van der Waals surface area contributed by atoms with Crippen LogP contribution in [0.1, 0.15) is 40.0 Å². The summed E-state index contributed by atoms with van der Waals surface area (Å²) in [5, 5.41) is 7.46. The van der Waals surface area contributed by atoms with E-state index in [-0.39, 0.29) is 12.4 Å². The first-order valence-electron chi connectivity index (χ1n) is 8.51. The second-order valence-electron chi connectivity index (χ2n) is 6.51. The fourth-order valence-electron chi connectivity index (χ4n) is 3.76. The lowest BCUT2D eigenvalue weighted by Gasteiger charge is -2.33. The Morgan fingerprint density at radius 1 is 1.33 bits per heavy atom. The minimum absolute atomic E-state index is 0. The van der Waals surface area contributed by atoms with Crippen molar-refractivity contribution in [1.29, 1.82) is 0 Å². The van der Waals surface area contributed by atoms with E-state index in [2.05, 4.69) is 36.3 Å². The maximum Gasteiger partial charge on any atom is 0.0623 e. The van der Waals surface area contributed by atoms with Gasteiger partial charge in [0.15, 0.2) is 0 Å². The summed E-state index contributed by atoms with van der Waals surface area (Å²) in [4.78, 5) is 2.53. The third-order valence-corrected chi connectivity index (χ3v) is 4.98. The fourth-order valence-corrected chi connectivity index (χ4v) is 3.76. The van der Waals surface area contributed by atoms with Crippen molar-refractivity contribution in [3.8, 4) is 0 Å². The summed E-state index contributed by atoms with van der Waals surface area (Å²) < 4.78 is 5.64. The Balaban J connectivity index is 0.00000220. The molecule has 3 unspecified atom stereocenters. The lowest BCUT2D eigenvalue weighted by atomic mass is 9.94. The van der Waals surface area contributed by atoms with E-state index >= 15 is 0 Å². The molecule has 0 aromatic carbocycles. The molecule has 126 valence electrons. The molecule has 3 atom stereocenters. The summed E-state index contributed by atoms with van der Waals surface area (Å²) in [6, 6.07) is 1.89. The van der Waals surface area contributed by atoms with Gasteiger partial charge in [-0.25, -0.2) is 0 Å². The molecule has 2 aliphatic rings. The summed E-state index contributed by atoms with van der Waals surface area (Å²) in [6.45, 7) is 13.0. The molecule has 2 fully saturated rings. The average molecular weight is 320 g/mol. The number of ether oxygens (including phenoxy) is 1. The van der Waals surface area contributed by atoms with Gasteiger partial charge in [0.25, 0.3) is 0 Å². The number of rotatable bonds is 7. The zero-order valence-corrected chi connectivity index (χ0v) is 14.8. The molecule has 0 aromatic rings. The Hall–Kier alpha value is 0.130. The number of morpholine rings is 1. The Morgan fingerprint density at radius 2 is 2.14 bits per heavy atom. The van der Waals surface area contributed by atoms with Gasteiger partial charge in [-0.15, -0.1) is 12.4 Å². The van der Waals surface area contributed by atoms with Crippen molar-refractivity contribution in [3.05, 3.63) is 0 Å². The molecule has 0 amide bonds. The largest absolute Gasteiger partial charge is 0.379 e. The lowest BCUT2D eigenvalue weighted by molar-refractivity contribution is 0.0523. The average Bonchev–Trinajstić information content (AvgIpc) is 2.92. The second kappa shape index (κ2) is 10.0. The van der Waals surface area contributed by atoms with Crippen LogP contribution in [0.2, 0.25) is 0 Å². The van der Waals surface area contributed by atoms with Gasteiger partial charge in [0.05, 0.1) is 13.2 Å². The first-order chi connectivity index (χ1) is 9.72. The normalized spacial score (nSPS) is 29.9. The number of likely N-dealkylation sites (N-methyl/N-ethyl adjacent to an activating group) is 1. The SMILES string of the molecule is CCN(CCNC1CCCC1C1COCCN1)C(C)C.Cl. The van der Waals surface area contributed by atoms with E-state index in [1.165, 1.54) is 19.3 Å². The first kappa shape index (κ1) is 19.2. The summed E-state index contributed by atoms with van der Waals surface area (Å²) in [5.41, 5.74) is 0. The quantitative estimate of drug-likeness (QED) is 0.751. The third kappa shape index (κ3) is 5.68. The maximum absolute atomic E-state index is 5.64. The highest BCUT2D eigenvalue weighted by atomic mass is 35.5. The highest BCUT2D eigenvalue weighted by molar-refractivity contribution is 5.85. The smallest absolute Gasteiger partial charge is 0.0623 e. The summed E-state index contributed by atoms with van der Waals surface area (Å²) in [5.74, 6) is 0.754. The standard InChI is InChI=1S/C16H33N3O.ClH/c1-4-19(13(2)3)10-8-17-15-7-5-6-14(15)16-12-20-11-9-18-16;/h13-18H,4-12H2,1-3H3;1H. The number of nitrogens with one attached hydrogen (secondary N) is 2. The molecule has 1 aliphatic heterocycles. The van der Waals surface area contributed by atoms with E-state index in [1.807, 2.05) is 0 Å². The molecule has 1 saturated carbocycles. The van der Waals surface area contributed by atoms with Crippen LogP contribution in [0.25, 0.3) is 0 Å². The number of hydrogen-bond acceptors (Lipinski definition) is 4. The summed E-state index contributed by atoms with van der Waals surface area (Å²) >= 11 is 0. The van der Waals surface area contributed by atoms with Crippen molar-refractivity contribution >= 4 is 12.4 Å². The van der Waals surface area contributed by atoms with Crippen LogP contribution in [-0.4, -0.2) is 62.4 Å². The fraction of sp³-hybridized carbons (Fsp3) is 1.00. The van der Waals surface area contributed by atoms with Crippen LogP contribution >= 0.6 is 12.4 Å². The molecule has 1 heterocycles. The molecule has 2 N–H and O–H groups in total. The minimum Gasteiger partial charge on any atom is -0.379 e. The van der Waals surface area contributed by atoms with E-state index in [0.29, 0.717) is 18.1 Å². The van der Waals surface area contributed by atoms with Crippen molar-refractivity contribution in [3.63, 3.8) is 0 Å². The topological polar surface area (TPSA) is 36.5 Å². The predicted molar refractivity (Wildman–Crippen MR) is 91.4 cm³/mol. The molecule has 1 saturated heterocycles. The molecule has 2 rings (SSSR count). The van der Waals surface area contributed by atoms with Crippen LogP contribution in [-0.2, 0) is 4.74 Å². The molecule has 4 nitrogen and oxygen atoms in total. The van der Waals surface area contributed by atoms with E-state index in [1.54, 1.807) is 0 Å². The van der Waals surface area contributed by atoms with Crippen molar-refractivity contribution in [1.82, 2.24) is 15.5 Å². The lowest BCUT2D eigenvalue weighted by Crippen LogP contribution is -2.51. The molecule has 21 heavy (non-hydrogen) atoms. The minimum atomic E-state index is 0. The monoisotopic (exact) mass is 319 g/mol. The van der Waals surface area contributed by atoms with E-state index in [9.17, 15) is 0 Å². The summed E-state index contributed by atoms with van der Waals surface area (Å²) in [6.07, 6.45) is 4.04. The molecule has 1 aliphatic carbocycles. The molecule has 0 bridgehead atoms. The number of nitrogens with zero attached hydrogens (tertiary/aromatic N) is 1. The maximum atomic E-state index is 5.64. The van der Waals surface area contributed by atoms with Crippen molar-refractivity contribution < 1.29 is 4.74 Å². The van der Waals surface area contributed by atoms with Crippen molar-refractivity contribution in [2.24, 2.45) is 5.92 Å². The highest BCUT2D eigenvalue weighted by Gasteiger charge is 2.34. The van der Waals surface area contributed by atoms with Gasteiger partial charge in [-0.1, -0.05) is 13.3 Å². The van der Waals surface area contributed by atoms with Gasteiger partial charge >= 0.3 is 0 Å². The van der Waals surface area contributed by atoms with Crippen LogP contribution in [0.15, 0.2) is 0 Å².